The summed E-state index contributed by atoms with van der Waals surface area (Å²) in [6.07, 6.45) is -2.58. The van der Waals surface area contributed by atoms with Crippen LogP contribution in [0.3, 0.4) is 0 Å². The van der Waals surface area contributed by atoms with Crippen molar-refractivity contribution in [3.8, 4) is 0 Å². The van der Waals surface area contributed by atoms with Gasteiger partial charge < -0.3 is 19.3 Å². The minimum atomic E-state index is -3.54. The zero-order valence-corrected chi connectivity index (χ0v) is 34.0. The van der Waals surface area contributed by atoms with Crippen LogP contribution >= 0.6 is 0 Å². The van der Waals surface area contributed by atoms with Gasteiger partial charge in [-0.05, 0) is 93.8 Å². The number of esters is 3. The number of rotatable bonds is 16. The maximum Gasteiger partial charge on any atom is 0.376 e. The SMILES string of the molecule is CC(F)(F)C(=O)OC1C2CC3CC1CC(C(=O)OCC(=O)OC14CC5CC(CC(O)(C5)C1)C4)(C3)C2.[B]B([B])B([B])B(B([B])[B])B(B(B([B])[B])B([B])[B])B(B([B])[B])B([B])[B]. The Morgan fingerprint density at radius 2 is 1.12 bits per heavy atom. The quantitative estimate of drug-likeness (QED) is 0.0955. The molecule has 0 aromatic rings. The van der Waals surface area contributed by atoms with Crippen molar-refractivity contribution in [2.75, 3.05) is 6.61 Å². The first-order valence-corrected chi connectivity index (χ1v) is 20.7. The number of alkyl halides is 2. The van der Waals surface area contributed by atoms with Gasteiger partial charge in [-0.15, -0.1) is 0 Å². The molecule has 0 aromatic carbocycles. The molecule has 1 N–H and O–H groups in total. The van der Waals surface area contributed by atoms with E-state index in [1.807, 2.05) is 0 Å². The monoisotopic (exact) mass is 760 g/mol. The molecule has 4 atom stereocenters. The maximum atomic E-state index is 13.4. The summed E-state index contributed by atoms with van der Waals surface area (Å²) in [6.45, 7) is 0.0731. The fraction of sp³-hybridized carbons (Fsp3) is 0.885. The van der Waals surface area contributed by atoms with E-state index in [0.717, 1.165) is 44.9 Å². The van der Waals surface area contributed by atoms with Crippen molar-refractivity contribution in [1.82, 2.24) is 0 Å². The lowest BCUT2D eigenvalue weighted by Crippen LogP contribution is -2.84. The molecule has 8 aliphatic carbocycles. The van der Waals surface area contributed by atoms with Gasteiger partial charge in [-0.2, -0.15) is 8.78 Å². The van der Waals surface area contributed by atoms with Crippen LogP contribution in [0.25, 0.3) is 0 Å². The molecule has 0 aromatic heterocycles. The highest BCUT2D eigenvalue weighted by Gasteiger charge is 2.62. The zero-order chi connectivity index (χ0) is 44.2. The van der Waals surface area contributed by atoms with Crippen molar-refractivity contribution in [3.05, 3.63) is 0 Å². The lowest BCUT2D eigenvalue weighted by molar-refractivity contribution is -0.224. The van der Waals surface area contributed by atoms with E-state index in [1.54, 1.807) is 0 Å². The summed E-state index contributed by atoms with van der Waals surface area (Å²) in [4.78, 5) is 37.7. The normalized spacial score (nSPS) is 31.7. The second-order valence-corrected chi connectivity index (χ2v) is 19.3. The molecule has 0 heterocycles. The molecule has 26 radical (unpaired) electrons. The molecule has 8 bridgehead atoms. The summed E-state index contributed by atoms with van der Waals surface area (Å²) >= 11 is 0. The number of halogens is 2. The van der Waals surface area contributed by atoms with E-state index < -0.39 is 123 Å². The summed E-state index contributed by atoms with van der Waals surface area (Å²) in [6, 6.07) is 0. The molecule has 266 valence electrons. The smallest absolute Gasteiger partial charge is 0.376 e. The van der Waals surface area contributed by atoms with Crippen LogP contribution in [-0.4, -0.2) is 224 Å². The van der Waals surface area contributed by atoms with Gasteiger partial charge in [0.1, 0.15) is 11.7 Å². The highest BCUT2D eigenvalue weighted by molar-refractivity contribution is 8.23. The molecule has 0 aliphatic heterocycles. The second kappa shape index (κ2) is 19.1. The molecule has 4 unspecified atom stereocenters. The van der Waals surface area contributed by atoms with E-state index in [4.69, 9.17) is 115 Å². The first-order chi connectivity index (χ1) is 27.2. The third-order valence-electron chi connectivity index (χ3n) is 14.3. The third kappa shape index (κ3) is 11.2. The molecule has 0 amide bonds. The Hall–Kier alpha value is -0.212. The van der Waals surface area contributed by atoms with Gasteiger partial charge in [-0.1, -0.05) is 0 Å². The van der Waals surface area contributed by atoms with Gasteiger partial charge in [0.05, 0.1) is 11.0 Å². The molecule has 33 heteroatoms. The summed E-state index contributed by atoms with van der Waals surface area (Å²) < 4.78 is 43.4. The Bertz CT molecular complexity index is 1450. The minimum absolute atomic E-state index is 0.153. The Kier molecular flexibility index (Phi) is 16.1. The van der Waals surface area contributed by atoms with Crippen LogP contribution in [0.4, 0.5) is 8.78 Å². The summed E-state index contributed by atoms with van der Waals surface area (Å²) in [5.41, 5.74) is -2.16. The molecule has 7 nitrogen and oxygen atoms in total. The summed E-state index contributed by atoms with van der Waals surface area (Å²) in [5, 5.41) is 10.9. The number of carbonyl (C=O) groups is 3. The molecule has 8 fully saturated rings. The Morgan fingerprint density at radius 3 is 1.53 bits per heavy atom. The van der Waals surface area contributed by atoms with E-state index in [0.29, 0.717) is 44.4 Å². The van der Waals surface area contributed by atoms with Gasteiger partial charge in [0.15, 0.2) is 6.61 Å². The number of hydrogen-bond acceptors (Lipinski definition) is 7. The first-order valence-electron chi connectivity index (χ1n) is 20.7. The molecule has 8 saturated carbocycles. The van der Waals surface area contributed by atoms with Gasteiger partial charge in [0, 0.05) is 184 Å². The average Bonchev–Trinajstić information content (AvgIpc) is 3.06. The predicted octanol–water partition coefficient (Wildman–Crippen LogP) is -5.59. The predicted molar refractivity (Wildman–Crippen MR) is 254 cm³/mol. The molecule has 8 aliphatic rings. The van der Waals surface area contributed by atoms with Crippen molar-refractivity contribution in [3.63, 3.8) is 0 Å². The number of aliphatic hydroxyl groups is 1. The van der Waals surface area contributed by atoms with Crippen molar-refractivity contribution in [2.24, 2.45) is 35.0 Å². The van der Waals surface area contributed by atoms with Crippen LogP contribution in [0, 0.1) is 35.0 Å². The standard InChI is InChI=1S/C26H34F2O7.B24/c1-23(27,28)21(30)34-20-17-3-14-4-18(20)11-24(5-14,10-17)22(31)33-12-19(29)35-26-8-15-2-16(9-26)7-25(32,6-15)13-26;1-14(2)20(13)23(19(11)12)24(21(15(3)4)16(5)6)22(17(7)8)18(9)10/h14-18,20,32H,2-13H2,1H3;. The number of carbonyl (C=O) groups excluding carboxylic acids is 3. The van der Waals surface area contributed by atoms with Gasteiger partial charge in [-0.25, -0.2) is 9.59 Å². The Morgan fingerprint density at radius 1 is 0.644 bits per heavy atom. The molecular formula is C26H34B24F2O7. The highest BCUT2D eigenvalue weighted by atomic mass is 19.3. The first kappa shape index (κ1) is 49.8. The lowest BCUT2D eigenvalue weighted by Gasteiger charge is -2.59. The van der Waals surface area contributed by atoms with Gasteiger partial charge in [-0.3, -0.25) is 4.79 Å². The van der Waals surface area contributed by atoms with Crippen LogP contribution < -0.4 is 0 Å². The maximum absolute atomic E-state index is 13.4. The van der Waals surface area contributed by atoms with Crippen LogP contribution in [-0.2, 0) is 28.6 Å². The molecule has 59 heavy (non-hydrogen) atoms. The van der Waals surface area contributed by atoms with E-state index in [1.165, 1.54) is 0 Å². The van der Waals surface area contributed by atoms with Crippen molar-refractivity contribution >= 4 is 189 Å². The second-order valence-electron chi connectivity index (χ2n) is 19.3. The van der Waals surface area contributed by atoms with Crippen LogP contribution in [0.5, 0.6) is 0 Å². The van der Waals surface area contributed by atoms with Crippen molar-refractivity contribution < 1.29 is 42.5 Å². The average molecular weight is 756 g/mol. The number of hydrogen-bond donors (Lipinski definition) is 1. The lowest BCUT2D eigenvalue weighted by atomic mass is 8.35. The van der Waals surface area contributed by atoms with Gasteiger partial charge >= 0.3 is 23.8 Å². The summed E-state index contributed by atoms with van der Waals surface area (Å²) in [7, 11) is 76.2. The largest absolute Gasteiger partial charge is 0.457 e. The van der Waals surface area contributed by atoms with Crippen LogP contribution in [0.2, 0.25) is 0 Å². The molecule has 0 spiro atoms. The van der Waals surface area contributed by atoms with Crippen LogP contribution in [0.15, 0.2) is 0 Å². The fourth-order valence-electron chi connectivity index (χ4n) is 12.8. The minimum Gasteiger partial charge on any atom is -0.457 e. The van der Waals surface area contributed by atoms with Crippen molar-refractivity contribution in [1.29, 1.82) is 0 Å². The highest BCUT2D eigenvalue weighted by Crippen LogP contribution is 2.62. The third-order valence-corrected chi connectivity index (χ3v) is 14.3. The van der Waals surface area contributed by atoms with Gasteiger partial charge in [0.25, 0.3) is 0 Å². The molecular weight excluding hydrogens is 722 g/mol. The van der Waals surface area contributed by atoms with Gasteiger partial charge in [0.2, 0.25) is 0 Å². The fourth-order valence-corrected chi connectivity index (χ4v) is 12.8. The van der Waals surface area contributed by atoms with E-state index in [-0.39, 0.29) is 17.8 Å². The van der Waals surface area contributed by atoms with E-state index in [2.05, 4.69) is 0 Å². The Balaban J connectivity index is 0.000000244. The summed E-state index contributed by atoms with van der Waals surface area (Å²) in [5.74, 6) is -5.37. The topological polar surface area (TPSA) is 99.1 Å². The number of ether oxygens (including phenoxy) is 3. The van der Waals surface area contributed by atoms with E-state index >= 15 is 0 Å². The van der Waals surface area contributed by atoms with E-state index in [9.17, 15) is 28.3 Å². The molecule has 0 saturated heterocycles. The Labute approximate surface area is 371 Å². The van der Waals surface area contributed by atoms with Crippen molar-refractivity contribution in [2.45, 2.75) is 101 Å². The molecule has 8 rings (SSSR count). The zero-order valence-electron chi connectivity index (χ0n) is 34.0. The van der Waals surface area contributed by atoms with Crippen LogP contribution in [0.1, 0.15) is 77.6 Å².